The molecule has 0 aromatic heterocycles. The molecule has 1 aliphatic heterocycles. The van der Waals surface area contributed by atoms with Crippen molar-refractivity contribution in [1.29, 1.82) is 0 Å². The Morgan fingerprint density at radius 3 is 2.62 bits per heavy atom. The topological polar surface area (TPSA) is 44.7 Å². The SMILES string of the molecule is COc1ccc(O)c(C(C)NC(C)CN2CCCCC2)c1. The lowest BCUT2D eigenvalue weighted by atomic mass is 10.1. The first kappa shape index (κ1) is 16.1. The van der Waals surface area contributed by atoms with Gasteiger partial charge in [0.05, 0.1) is 7.11 Å². The summed E-state index contributed by atoms with van der Waals surface area (Å²) < 4.78 is 5.24. The molecule has 1 fully saturated rings. The molecular weight excluding hydrogens is 264 g/mol. The fraction of sp³-hybridized carbons (Fsp3) is 0.647. The Morgan fingerprint density at radius 2 is 1.95 bits per heavy atom. The molecule has 2 rings (SSSR count). The van der Waals surface area contributed by atoms with Crippen LogP contribution in [0.2, 0.25) is 0 Å². The lowest BCUT2D eigenvalue weighted by molar-refractivity contribution is 0.205. The third-order valence-corrected chi connectivity index (χ3v) is 4.22. The van der Waals surface area contributed by atoms with Crippen LogP contribution in [-0.2, 0) is 0 Å². The molecule has 1 heterocycles. The van der Waals surface area contributed by atoms with Crippen molar-refractivity contribution in [3.63, 3.8) is 0 Å². The average molecular weight is 292 g/mol. The van der Waals surface area contributed by atoms with Gasteiger partial charge in [-0.2, -0.15) is 0 Å². The van der Waals surface area contributed by atoms with E-state index in [-0.39, 0.29) is 6.04 Å². The number of methoxy groups -OCH3 is 1. The summed E-state index contributed by atoms with van der Waals surface area (Å²) in [6.45, 7) is 7.79. The molecule has 1 saturated heterocycles. The number of aromatic hydroxyl groups is 1. The third kappa shape index (κ3) is 4.61. The van der Waals surface area contributed by atoms with Crippen LogP contribution in [0.25, 0.3) is 0 Å². The van der Waals surface area contributed by atoms with E-state index in [1.165, 1.54) is 32.4 Å². The van der Waals surface area contributed by atoms with Crippen molar-refractivity contribution in [3.8, 4) is 11.5 Å². The molecule has 0 saturated carbocycles. The van der Waals surface area contributed by atoms with Crippen LogP contribution in [0, 0.1) is 0 Å². The summed E-state index contributed by atoms with van der Waals surface area (Å²) in [7, 11) is 1.65. The molecule has 0 spiro atoms. The molecule has 1 aromatic rings. The molecule has 2 atom stereocenters. The number of nitrogens with zero attached hydrogens (tertiary/aromatic N) is 1. The highest BCUT2D eigenvalue weighted by Crippen LogP contribution is 2.28. The molecule has 2 N–H and O–H groups in total. The van der Waals surface area contributed by atoms with Gasteiger partial charge in [-0.15, -0.1) is 0 Å². The van der Waals surface area contributed by atoms with Gasteiger partial charge in [-0.1, -0.05) is 6.42 Å². The second-order valence-electron chi connectivity index (χ2n) is 6.08. The minimum absolute atomic E-state index is 0.0971. The second kappa shape index (κ2) is 7.66. The minimum Gasteiger partial charge on any atom is -0.508 e. The van der Waals surface area contributed by atoms with E-state index in [2.05, 4.69) is 24.1 Å². The van der Waals surface area contributed by atoms with E-state index in [0.29, 0.717) is 11.8 Å². The molecule has 4 nitrogen and oxygen atoms in total. The van der Waals surface area contributed by atoms with Crippen LogP contribution in [0.4, 0.5) is 0 Å². The van der Waals surface area contributed by atoms with Gasteiger partial charge in [0.1, 0.15) is 11.5 Å². The highest BCUT2D eigenvalue weighted by atomic mass is 16.5. The van der Waals surface area contributed by atoms with Crippen LogP contribution in [-0.4, -0.2) is 42.8 Å². The minimum atomic E-state index is 0.0971. The van der Waals surface area contributed by atoms with Crippen molar-refractivity contribution in [2.75, 3.05) is 26.7 Å². The number of hydrogen-bond acceptors (Lipinski definition) is 4. The number of ether oxygens (including phenoxy) is 1. The maximum absolute atomic E-state index is 10.0. The van der Waals surface area contributed by atoms with Gasteiger partial charge >= 0.3 is 0 Å². The van der Waals surface area contributed by atoms with E-state index < -0.39 is 0 Å². The van der Waals surface area contributed by atoms with Gasteiger partial charge in [0.2, 0.25) is 0 Å². The van der Waals surface area contributed by atoms with Crippen LogP contribution in [0.1, 0.15) is 44.7 Å². The van der Waals surface area contributed by atoms with E-state index in [4.69, 9.17) is 4.74 Å². The maximum Gasteiger partial charge on any atom is 0.120 e. The summed E-state index contributed by atoms with van der Waals surface area (Å²) >= 11 is 0. The Morgan fingerprint density at radius 1 is 1.24 bits per heavy atom. The first-order valence-electron chi connectivity index (χ1n) is 7.95. The van der Waals surface area contributed by atoms with Crippen molar-refractivity contribution in [1.82, 2.24) is 10.2 Å². The molecule has 0 amide bonds. The van der Waals surface area contributed by atoms with Crippen LogP contribution in [0.3, 0.4) is 0 Å². The van der Waals surface area contributed by atoms with Gasteiger partial charge in [-0.3, -0.25) is 0 Å². The van der Waals surface area contributed by atoms with E-state index in [1.54, 1.807) is 19.2 Å². The summed E-state index contributed by atoms with van der Waals surface area (Å²) in [5.74, 6) is 1.10. The number of hydrogen-bond donors (Lipinski definition) is 2. The molecule has 1 aromatic carbocycles. The largest absolute Gasteiger partial charge is 0.508 e. The number of benzene rings is 1. The van der Waals surface area contributed by atoms with Gasteiger partial charge in [-0.25, -0.2) is 0 Å². The number of likely N-dealkylation sites (tertiary alicyclic amines) is 1. The van der Waals surface area contributed by atoms with Gasteiger partial charge in [-0.05, 0) is 58.0 Å². The molecular formula is C17H28N2O2. The zero-order valence-electron chi connectivity index (χ0n) is 13.4. The molecule has 1 aliphatic rings. The zero-order valence-corrected chi connectivity index (χ0v) is 13.4. The quantitative estimate of drug-likeness (QED) is 0.846. The van der Waals surface area contributed by atoms with E-state index in [1.807, 2.05) is 6.07 Å². The molecule has 4 heteroatoms. The molecule has 21 heavy (non-hydrogen) atoms. The van der Waals surface area contributed by atoms with Crippen molar-refractivity contribution >= 4 is 0 Å². The van der Waals surface area contributed by atoms with Crippen molar-refractivity contribution in [2.24, 2.45) is 0 Å². The molecule has 0 radical (unpaired) electrons. The number of phenolic OH excluding ortho intramolecular Hbond substituents is 1. The first-order valence-corrected chi connectivity index (χ1v) is 7.95. The number of piperidine rings is 1. The summed E-state index contributed by atoms with van der Waals surface area (Å²) in [6, 6.07) is 5.87. The van der Waals surface area contributed by atoms with E-state index in [9.17, 15) is 5.11 Å². The monoisotopic (exact) mass is 292 g/mol. The lowest BCUT2D eigenvalue weighted by Crippen LogP contribution is -2.42. The molecule has 0 aliphatic carbocycles. The Balaban J connectivity index is 1.92. The molecule has 0 bridgehead atoms. The van der Waals surface area contributed by atoms with E-state index in [0.717, 1.165) is 17.9 Å². The van der Waals surface area contributed by atoms with Gasteiger partial charge in [0.15, 0.2) is 0 Å². The Kier molecular flexibility index (Phi) is 5.88. The van der Waals surface area contributed by atoms with Gasteiger partial charge in [0.25, 0.3) is 0 Å². The predicted octanol–water partition coefficient (Wildman–Crippen LogP) is 2.93. The van der Waals surface area contributed by atoms with Crippen LogP contribution in [0.15, 0.2) is 18.2 Å². The number of rotatable bonds is 6. The van der Waals surface area contributed by atoms with Crippen LogP contribution < -0.4 is 10.1 Å². The summed E-state index contributed by atoms with van der Waals surface area (Å²) in [5, 5.41) is 13.6. The molecule has 2 unspecified atom stereocenters. The third-order valence-electron chi connectivity index (χ3n) is 4.22. The highest BCUT2D eigenvalue weighted by molar-refractivity contribution is 5.41. The maximum atomic E-state index is 10.0. The summed E-state index contributed by atoms with van der Waals surface area (Å²) in [6.07, 6.45) is 4.00. The summed E-state index contributed by atoms with van der Waals surface area (Å²) in [4.78, 5) is 2.53. The normalized spacial score (nSPS) is 19.2. The van der Waals surface area contributed by atoms with Gasteiger partial charge < -0.3 is 20.1 Å². The Bertz CT molecular complexity index is 444. The van der Waals surface area contributed by atoms with E-state index >= 15 is 0 Å². The Labute approximate surface area is 128 Å². The number of nitrogens with one attached hydrogen (secondary N) is 1. The first-order chi connectivity index (χ1) is 10.1. The van der Waals surface area contributed by atoms with Crippen molar-refractivity contribution < 1.29 is 9.84 Å². The lowest BCUT2D eigenvalue weighted by Gasteiger charge is -2.31. The van der Waals surface area contributed by atoms with Gasteiger partial charge in [0, 0.05) is 24.2 Å². The fourth-order valence-corrected chi connectivity index (χ4v) is 3.10. The average Bonchev–Trinajstić information content (AvgIpc) is 2.48. The van der Waals surface area contributed by atoms with Crippen LogP contribution in [0.5, 0.6) is 11.5 Å². The predicted molar refractivity (Wildman–Crippen MR) is 86.0 cm³/mol. The fourth-order valence-electron chi connectivity index (χ4n) is 3.10. The zero-order chi connectivity index (χ0) is 15.2. The highest BCUT2D eigenvalue weighted by Gasteiger charge is 2.17. The van der Waals surface area contributed by atoms with Crippen LogP contribution >= 0.6 is 0 Å². The number of phenols is 1. The van der Waals surface area contributed by atoms with Crippen molar-refractivity contribution in [2.45, 2.75) is 45.2 Å². The summed E-state index contributed by atoms with van der Waals surface area (Å²) in [5.41, 5.74) is 0.889. The standard InChI is InChI=1S/C17H28N2O2/c1-13(12-19-9-5-4-6-10-19)18-14(2)16-11-15(21-3)7-8-17(16)20/h7-8,11,13-14,18,20H,4-6,9-10,12H2,1-3H3. The Hall–Kier alpha value is -1.26. The molecule has 118 valence electrons. The van der Waals surface area contributed by atoms with Crippen molar-refractivity contribution in [3.05, 3.63) is 23.8 Å². The second-order valence-corrected chi connectivity index (χ2v) is 6.08. The smallest absolute Gasteiger partial charge is 0.120 e.